The van der Waals surface area contributed by atoms with E-state index in [1.807, 2.05) is 25.0 Å². The summed E-state index contributed by atoms with van der Waals surface area (Å²) in [6.45, 7) is 20.1. The Morgan fingerprint density at radius 2 is 1.76 bits per heavy atom. The summed E-state index contributed by atoms with van der Waals surface area (Å²) in [4.78, 5) is 5.37. The fourth-order valence-electron chi connectivity index (χ4n) is 1.53. The highest BCUT2D eigenvalue weighted by molar-refractivity contribution is 8.03. The average molecular weight is 308 g/mol. The first-order valence-electron chi connectivity index (χ1n) is 7.70. The minimum absolute atomic E-state index is 0.272. The fourth-order valence-corrected chi connectivity index (χ4v) is 2.89. The van der Waals surface area contributed by atoms with Crippen LogP contribution in [0.1, 0.15) is 54.9 Å². The third-order valence-corrected chi connectivity index (χ3v) is 5.94. The third kappa shape index (κ3) is 6.69. The predicted molar refractivity (Wildman–Crippen MR) is 101 cm³/mol. The lowest BCUT2D eigenvalue weighted by Gasteiger charge is -2.38. The number of hydrogen-bond donors (Lipinski definition) is 0. The largest absolute Gasteiger partial charge is 0.296 e. The minimum atomic E-state index is 0.272. The zero-order chi connectivity index (χ0) is 16.7. The Morgan fingerprint density at radius 1 is 1.19 bits per heavy atom. The standard InChI is InChI=1S/C19H33NS/c1-10-16(13-20-9)12-15(3)17(11-2)21-14-19(7,8)18(4,5)6/h11-13H,3,10,14H2,1-2,4-9H3/b16-12-,17-11+,20-13?. The number of rotatable bonds is 7. The number of aliphatic imine (C=N–C) groups is 1. The van der Waals surface area contributed by atoms with Gasteiger partial charge in [-0.1, -0.05) is 54.2 Å². The molecule has 0 spiro atoms. The van der Waals surface area contributed by atoms with Crippen LogP contribution < -0.4 is 0 Å². The van der Waals surface area contributed by atoms with Crippen LogP contribution in [0.3, 0.4) is 0 Å². The summed E-state index contributed by atoms with van der Waals surface area (Å²) in [5.74, 6) is 1.09. The predicted octanol–water partition coefficient (Wildman–Crippen LogP) is 6.29. The molecule has 0 radical (unpaired) electrons. The molecule has 0 aliphatic carbocycles. The normalized spacial score (nSPS) is 14.9. The maximum atomic E-state index is 4.23. The molecule has 0 atom stereocenters. The van der Waals surface area contributed by atoms with Crippen molar-refractivity contribution in [1.29, 1.82) is 0 Å². The molecular formula is C19H33NS. The van der Waals surface area contributed by atoms with Gasteiger partial charge in [-0.3, -0.25) is 4.99 Å². The van der Waals surface area contributed by atoms with Gasteiger partial charge >= 0.3 is 0 Å². The van der Waals surface area contributed by atoms with Gasteiger partial charge in [-0.15, -0.1) is 11.8 Å². The van der Waals surface area contributed by atoms with Crippen molar-refractivity contribution in [2.45, 2.75) is 54.9 Å². The van der Waals surface area contributed by atoms with Crippen LogP contribution >= 0.6 is 11.8 Å². The maximum Gasteiger partial charge on any atom is 0.0277 e. The SMILES string of the molecule is C=C(/C=C(\C=NC)CC)/C(=C\C)SCC(C)(C)C(C)(C)C. The molecule has 0 aliphatic heterocycles. The second-order valence-corrected chi connectivity index (χ2v) is 8.08. The molecular weight excluding hydrogens is 274 g/mol. The first-order valence-corrected chi connectivity index (χ1v) is 8.68. The molecule has 2 heteroatoms. The van der Waals surface area contributed by atoms with E-state index in [-0.39, 0.29) is 5.41 Å². The Morgan fingerprint density at radius 3 is 2.14 bits per heavy atom. The van der Waals surface area contributed by atoms with Gasteiger partial charge in [0.05, 0.1) is 0 Å². The summed E-state index contributed by atoms with van der Waals surface area (Å²) in [5.41, 5.74) is 2.87. The highest BCUT2D eigenvalue weighted by atomic mass is 32.2. The van der Waals surface area contributed by atoms with E-state index in [2.05, 4.69) is 72.2 Å². The van der Waals surface area contributed by atoms with Gasteiger partial charge < -0.3 is 0 Å². The van der Waals surface area contributed by atoms with Gasteiger partial charge in [0, 0.05) is 23.9 Å². The van der Waals surface area contributed by atoms with E-state index in [0.29, 0.717) is 5.41 Å². The van der Waals surface area contributed by atoms with E-state index in [4.69, 9.17) is 0 Å². The highest BCUT2D eigenvalue weighted by Gasteiger charge is 2.32. The zero-order valence-electron chi connectivity index (χ0n) is 15.2. The summed E-state index contributed by atoms with van der Waals surface area (Å²) >= 11 is 1.91. The summed E-state index contributed by atoms with van der Waals surface area (Å²) in [6.07, 6.45) is 7.21. The lowest BCUT2D eigenvalue weighted by molar-refractivity contribution is 0.163. The van der Waals surface area contributed by atoms with Gasteiger partial charge in [-0.05, 0) is 41.4 Å². The smallest absolute Gasteiger partial charge is 0.0277 e. The van der Waals surface area contributed by atoms with Crippen LogP contribution in [-0.4, -0.2) is 19.0 Å². The molecule has 0 aromatic carbocycles. The monoisotopic (exact) mass is 307 g/mol. The highest BCUT2D eigenvalue weighted by Crippen LogP contribution is 2.42. The summed E-state index contributed by atoms with van der Waals surface area (Å²) in [7, 11) is 1.81. The van der Waals surface area contributed by atoms with Crippen LogP contribution in [0.2, 0.25) is 0 Å². The van der Waals surface area contributed by atoms with Gasteiger partial charge in [0.2, 0.25) is 0 Å². The van der Waals surface area contributed by atoms with Crippen LogP contribution in [-0.2, 0) is 0 Å². The first-order chi connectivity index (χ1) is 9.59. The molecule has 0 bridgehead atoms. The van der Waals surface area contributed by atoms with Crippen molar-refractivity contribution in [2.75, 3.05) is 12.8 Å². The molecule has 0 aromatic heterocycles. The molecule has 0 aliphatic rings. The van der Waals surface area contributed by atoms with E-state index < -0.39 is 0 Å². The summed E-state index contributed by atoms with van der Waals surface area (Å²) in [5, 5.41) is 0. The summed E-state index contributed by atoms with van der Waals surface area (Å²) in [6, 6.07) is 0. The van der Waals surface area contributed by atoms with Gasteiger partial charge in [-0.25, -0.2) is 0 Å². The van der Waals surface area contributed by atoms with E-state index in [1.165, 1.54) is 10.5 Å². The van der Waals surface area contributed by atoms with Crippen molar-refractivity contribution in [1.82, 2.24) is 0 Å². The Balaban J connectivity index is 4.95. The van der Waals surface area contributed by atoms with Gasteiger partial charge in [0.1, 0.15) is 0 Å². The van der Waals surface area contributed by atoms with Crippen LogP contribution in [0.15, 0.2) is 39.8 Å². The first kappa shape index (κ1) is 20.2. The second kappa shape index (κ2) is 8.63. The molecule has 0 saturated heterocycles. The van der Waals surface area contributed by atoms with Gasteiger partial charge in [0.25, 0.3) is 0 Å². The van der Waals surface area contributed by atoms with Crippen molar-refractivity contribution in [3.63, 3.8) is 0 Å². The third-order valence-electron chi connectivity index (χ3n) is 4.26. The topological polar surface area (TPSA) is 12.4 Å². The number of nitrogens with zero attached hydrogens (tertiary/aromatic N) is 1. The van der Waals surface area contributed by atoms with Crippen molar-refractivity contribution in [3.8, 4) is 0 Å². The molecule has 0 aromatic rings. The molecule has 0 fully saturated rings. The second-order valence-electron chi connectivity index (χ2n) is 7.06. The van der Waals surface area contributed by atoms with Crippen LogP contribution in [0.5, 0.6) is 0 Å². The molecule has 120 valence electrons. The van der Waals surface area contributed by atoms with Crippen molar-refractivity contribution in [2.24, 2.45) is 15.8 Å². The lowest BCUT2D eigenvalue weighted by atomic mass is 9.71. The molecule has 0 heterocycles. The fraction of sp³-hybridized carbons (Fsp3) is 0.632. The van der Waals surface area contributed by atoms with Crippen molar-refractivity contribution < 1.29 is 0 Å². The van der Waals surface area contributed by atoms with E-state index >= 15 is 0 Å². The Bertz CT molecular complexity index is 431. The Labute approximate surface area is 136 Å². The van der Waals surface area contributed by atoms with E-state index in [0.717, 1.165) is 17.7 Å². The molecule has 21 heavy (non-hydrogen) atoms. The molecule has 0 amide bonds. The number of allylic oxidation sites excluding steroid dienone is 4. The average Bonchev–Trinajstić information content (AvgIpc) is 2.37. The summed E-state index contributed by atoms with van der Waals surface area (Å²) < 4.78 is 0. The minimum Gasteiger partial charge on any atom is -0.296 e. The quantitative estimate of drug-likeness (QED) is 0.398. The van der Waals surface area contributed by atoms with Gasteiger partial charge in [-0.2, -0.15) is 0 Å². The Kier molecular flexibility index (Phi) is 8.31. The number of hydrogen-bond acceptors (Lipinski definition) is 2. The van der Waals surface area contributed by atoms with Crippen LogP contribution in [0.4, 0.5) is 0 Å². The molecule has 0 unspecified atom stereocenters. The van der Waals surface area contributed by atoms with E-state index in [9.17, 15) is 0 Å². The number of thioether (sulfide) groups is 1. The van der Waals surface area contributed by atoms with Gasteiger partial charge in [0.15, 0.2) is 0 Å². The lowest BCUT2D eigenvalue weighted by Crippen LogP contribution is -2.31. The van der Waals surface area contributed by atoms with Crippen LogP contribution in [0, 0.1) is 10.8 Å². The van der Waals surface area contributed by atoms with Crippen molar-refractivity contribution in [3.05, 3.63) is 34.8 Å². The Hall–Kier alpha value is -0.760. The maximum absolute atomic E-state index is 4.23. The zero-order valence-corrected chi connectivity index (χ0v) is 16.0. The molecule has 0 rings (SSSR count). The van der Waals surface area contributed by atoms with Crippen LogP contribution in [0.25, 0.3) is 0 Å². The molecule has 1 nitrogen and oxygen atoms in total. The molecule has 0 N–H and O–H groups in total. The van der Waals surface area contributed by atoms with Crippen molar-refractivity contribution >= 4 is 18.0 Å². The van der Waals surface area contributed by atoms with E-state index in [1.54, 1.807) is 0 Å². The molecule has 0 saturated carbocycles.